The molecular formula is C15H19NO3. The predicted molar refractivity (Wildman–Crippen MR) is 73.8 cm³/mol. The summed E-state index contributed by atoms with van der Waals surface area (Å²) in [7, 11) is 0. The summed E-state index contributed by atoms with van der Waals surface area (Å²) in [5.74, 6) is 5.30. The number of likely N-dealkylation sites (N-methyl/N-ethyl adjacent to an activating group) is 1. The van der Waals surface area contributed by atoms with Gasteiger partial charge in [-0.15, -0.1) is 0 Å². The first-order valence-electron chi connectivity index (χ1n) is 6.25. The van der Waals surface area contributed by atoms with Crippen LogP contribution in [-0.2, 0) is 0 Å². The van der Waals surface area contributed by atoms with Gasteiger partial charge in [0.15, 0.2) is 0 Å². The lowest BCUT2D eigenvalue weighted by Crippen LogP contribution is -2.33. The minimum absolute atomic E-state index is 0.0529. The van der Waals surface area contributed by atoms with Crippen molar-refractivity contribution in [1.29, 1.82) is 0 Å². The molecule has 0 fully saturated rings. The third-order valence-electron chi connectivity index (χ3n) is 2.91. The second kappa shape index (κ2) is 7.57. The van der Waals surface area contributed by atoms with E-state index in [-0.39, 0.29) is 19.1 Å². The first-order valence-corrected chi connectivity index (χ1v) is 6.25. The van der Waals surface area contributed by atoms with Crippen LogP contribution >= 0.6 is 0 Å². The average molecular weight is 261 g/mol. The number of benzene rings is 1. The number of nitrogens with zero attached hydrogens (tertiary/aromatic N) is 1. The van der Waals surface area contributed by atoms with Crippen LogP contribution in [0.1, 0.15) is 28.4 Å². The van der Waals surface area contributed by atoms with Crippen LogP contribution in [0.4, 0.5) is 0 Å². The Morgan fingerprint density at radius 3 is 2.68 bits per heavy atom. The number of aliphatic hydroxyl groups excluding tert-OH is 2. The normalized spacial score (nSPS) is 9.68. The third kappa shape index (κ3) is 3.82. The number of aliphatic hydroxyl groups is 2. The predicted octanol–water partition coefficient (Wildman–Crippen LogP) is 0.793. The van der Waals surface area contributed by atoms with Crippen LogP contribution in [0.25, 0.3) is 0 Å². The number of carbonyl (C=O) groups excluding carboxylic acids is 1. The molecule has 0 heterocycles. The molecule has 19 heavy (non-hydrogen) atoms. The molecule has 0 atom stereocenters. The molecule has 0 spiro atoms. The molecule has 0 unspecified atom stereocenters. The molecule has 0 aliphatic carbocycles. The monoisotopic (exact) mass is 261 g/mol. The van der Waals surface area contributed by atoms with Crippen LogP contribution in [0.3, 0.4) is 0 Å². The fraction of sp³-hybridized carbons (Fsp3) is 0.400. The molecule has 0 bridgehead atoms. The largest absolute Gasteiger partial charge is 0.395 e. The maximum atomic E-state index is 12.3. The Morgan fingerprint density at radius 1 is 1.37 bits per heavy atom. The first kappa shape index (κ1) is 15.2. The maximum absolute atomic E-state index is 12.3. The van der Waals surface area contributed by atoms with Gasteiger partial charge in [-0.2, -0.15) is 0 Å². The van der Waals surface area contributed by atoms with Crippen LogP contribution in [0, 0.1) is 18.8 Å². The molecule has 0 aromatic heterocycles. The quantitative estimate of drug-likeness (QED) is 0.788. The molecule has 0 saturated heterocycles. The molecule has 1 aromatic carbocycles. The molecule has 0 aliphatic rings. The molecule has 0 aliphatic heterocycles. The van der Waals surface area contributed by atoms with Gasteiger partial charge in [0.2, 0.25) is 0 Å². The van der Waals surface area contributed by atoms with E-state index >= 15 is 0 Å². The zero-order chi connectivity index (χ0) is 14.3. The lowest BCUT2D eigenvalue weighted by molar-refractivity contribution is 0.0731. The van der Waals surface area contributed by atoms with Gasteiger partial charge in [0.05, 0.1) is 6.61 Å². The third-order valence-corrected chi connectivity index (χ3v) is 2.91. The van der Waals surface area contributed by atoms with E-state index in [1.807, 2.05) is 19.9 Å². The highest BCUT2D eigenvalue weighted by molar-refractivity contribution is 5.96. The average Bonchev–Trinajstić information content (AvgIpc) is 2.43. The van der Waals surface area contributed by atoms with Crippen LogP contribution in [0.5, 0.6) is 0 Å². The number of hydrogen-bond acceptors (Lipinski definition) is 3. The Balaban J connectivity index is 3.10. The highest BCUT2D eigenvalue weighted by Gasteiger charge is 2.16. The van der Waals surface area contributed by atoms with Gasteiger partial charge in [-0.1, -0.05) is 17.9 Å². The summed E-state index contributed by atoms with van der Waals surface area (Å²) in [4.78, 5) is 13.9. The van der Waals surface area contributed by atoms with Gasteiger partial charge in [-0.25, -0.2) is 0 Å². The van der Waals surface area contributed by atoms with Crippen molar-refractivity contribution in [3.63, 3.8) is 0 Å². The van der Waals surface area contributed by atoms with Crippen molar-refractivity contribution in [2.75, 3.05) is 26.3 Å². The minimum atomic E-state index is -0.205. The molecule has 2 N–H and O–H groups in total. The lowest BCUT2D eigenvalue weighted by Gasteiger charge is -2.21. The molecule has 4 nitrogen and oxygen atoms in total. The topological polar surface area (TPSA) is 60.8 Å². The van der Waals surface area contributed by atoms with Crippen molar-refractivity contribution < 1.29 is 15.0 Å². The van der Waals surface area contributed by atoms with E-state index in [9.17, 15) is 4.79 Å². The van der Waals surface area contributed by atoms with Gasteiger partial charge < -0.3 is 15.1 Å². The molecule has 1 aromatic rings. The van der Waals surface area contributed by atoms with Gasteiger partial charge >= 0.3 is 0 Å². The Labute approximate surface area is 113 Å². The molecular weight excluding hydrogens is 242 g/mol. The van der Waals surface area contributed by atoms with E-state index in [2.05, 4.69) is 11.8 Å². The first-order chi connectivity index (χ1) is 9.15. The molecule has 1 amide bonds. The smallest absolute Gasteiger partial charge is 0.254 e. The Hall–Kier alpha value is -1.83. The van der Waals surface area contributed by atoms with Crippen LogP contribution < -0.4 is 0 Å². The van der Waals surface area contributed by atoms with Crippen molar-refractivity contribution in [1.82, 2.24) is 4.90 Å². The zero-order valence-electron chi connectivity index (χ0n) is 11.3. The van der Waals surface area contributed by atoms with E-state index in [0.717, 1.165) is 11.1 Å². The highest BCUT2D eigenvalue weighted by Crippen LogP contribution is 2.15. The molecule has 0 radical (unpaired) electrons. The lowest BCUT2D eigenvalue weighted by atomic mass is 10.0. The molecule has 1 rings (SSSR count). The van der Waals surface area contributed by atoms with E-state index in [1.165, 1.54) is 0 Å². The molecule has 4 heteroatoms. The van der Waals surface area contributed by atoms with Gasteiger partial charge in [0.1, 0.15) is 6.61 Å². The maximum Gasteiger partial charge on any atom is 0.254 e. The summed E-state index contributed by atoms with van der Waals surface area (Å²) in [5.41, 5.74) is 2.12. The van der Waals surface area contributed by atoms with Crippen LogP contribution in [0.15, 0.2) is 18.2 Å². The number of rotatable bonds is 4. The fourth-order valence-electron chi connectivity index (χ4n) is 1.83. The van der Waals surface area contributed by atoms with Crippen molar-refractivity contribution >= 4 is 5.91 Å². The zero-order valence-corrected chi connectivity index (χ0v) is 11.3. The summed E-state index contributed by atoms with van der Waals surface area (Å²) >= 11 is 0. The van der Waals surface area contributed by atoms with E-state index in [1.54, 1.807) is 17.0 Å². The highest BCUT2D eigenvalue weighted by atomic mass is 16.3. The summed E-state index contributed by atoms with van der Waals surface area (Å²) in [5, 5.41) is 17.7. The summed E-state index contributed by atoms with van der Waals surface area (Å²) < 4.78 is 0. The van der Waals surface area contributed by atoms with Crippen molar-refractivity contribution in [2.45, 2.75) is 13.8 Å². The summed E-state index contributed by atoms with van der Waals surface area (Å²) in [6.45, 7) is 4.32. The van der Waals surface area contributed by atoms with Gasteiger partial charge in [0.25, 0.3) is 5.91 Å². The minimum Gasteiger partial charge on any atom is -0.395 e. The van der Waals surface area contributed by atoms with Crippen LogP contribution in [0.2, 0.25) is 0 Å². The second-order valence-electron chi connectivity index (χ2n) is 4.05. The second-order valence-corrected chi connectivity index (χ2v) is 4.05. The van der Waals surface area contributed by atoms with Crippen LogP contribution in [-0.4, -0.2) is 47.3 Å². The summed E-state index contributed by atoms with van der Waals surface area (Å²) in [6.07, 6.45) is 0. The standard InChI is InChI=1S/C15H19NO3/c1-3-16(9-11-18)15(19)14-8-4-6-13(12(14)2)7-5-10-17/h4,6,8,17-18H,3,9-11H2,1-2H3. The van der Waals surface area contributed by atoms with Crippen molar-refractivity contribution in [2.24, 2.45) is 0 Å². The van der Waals surface area contributed by atoms with E-state index < -0.39 is 0 Å². The number of amides is 1. The van der Waals surface area contributed by atoms with Crippen molar-refractivity contribution in [3.05, 3.63) is 34.9 Å². The van der Waals surface area contributed by atoms with Gasteiger partial charge in [-0.3, -0.25) is 4.79 Å². The van der Waals surface area contributed by atoms with E-state index in [0.29, 0.717) is 18.7 Å². The molecule has 102 valence electrons. The van der Waals surface area contributed by atoms with Crippen molar-refractivity contribution in [3.8, 4) is 11.8 Å². The Bertz CT molecular complexity index is 500. The summed E-state index contributed by atoms with van der Waals surface area (Å²) in [6, 6.07) is 5.34. The van der Waals surface area contributed by atoms with E-state index in [4.69, 9.17) is 10.2 Å². The van der Waals surface area contributed by atoms with Gasteiger partial charge in [-0.05, 0) is 31.5 Å². The number of carbonyl (C=O) groups is 1. The van der Waals surface area contributed by atoms with Gasteiger partial charge in [0, 0.05) is 24.2 Å². The molecule has 0 saturated carbocycles. The fourth-order valence-corrected chi connectivity index (χ4v) is 1.83. The Kier molecular flexibility index (Phi) is 6.07. The SMILES string of the molecule is CCN(CCO)C(=O)c1cccc(C#CCO)c1C. The Morgan fingerprint density at radius 2 is 2.11 bits per heavy atom. The number of hydrogen-bond donors (Lipinski definition) is 2.